The Hall–Kier alpha value is -2.41. The summed E-state index contributed by atoms with van der Waals surface area (Å²) >= 11 is 0. The number of aryl methyl sites for hydroxylation is 1. The van der Waals surface area contributed by atoms with Crippen molar-refractivity contribution in [3.63, 3.8) is 0 Å². The summed E-state index contributed by atoms with van der Waals surface area (Å²) in [6, 6.07) is 7.77. The van der Waals surface area contributed by atoms with Crippen molar-refractivity contribution in [1.29, 1.82) is 0 Å². The summed E-state index contributed by atoms with van der Waals surface area (Å²) in [6.07, 6.45) is 1.71. The molecular weight excluding hydrogens is 302 g/mol. The number of aromatic nitrogens is 2. The Balaban J connectivity index is 2.14. The van der Waals surface area contributed by atoms with E-state index in [0.29, 0.717) is 11.4 Å². The molecule has 6 nitrogen and oxygen atoms in total. The maximum Gasteiger partial charge on any atom is 0.256 e. The van der Waals surface area contributed by atoms with Gasteiger partial charge in [-0.3, -0.25) is 9.48 Å². The van der Waals surface area contributed by atoms with E-state index in [-0.39, 0.29) is 22.1 Å². The monoisotopic (exact) mass is 319 g/mol. The number of sulfone groups is 1. The van der Waals surface area contributed by atoms with Gasteiger partial charge in [-0.15, -0.1) is 0 Å². The number of nitrogens with zero attached hydrogens (tertiary/aromatic N) is 2. The molecule has 0 spiro atoms. The normalized spacial score (nSPS) is 11.2. The Morgan fingerprint density at radius 1 is 1.27 bits per heavy atom. The van der Waals surface area contributed by atoms with Gasteiger partial charge in [-0.2, -0.15) is 5.10 Å². The molecule has 0 radical (unpaired) electrons. The maximum absolute atomic E-state index is 12.1. The first-order chi connectivity index (χ1) is 10.3. The van der Waals surface area contributed by atoms with Gasteiger partial charge in [-0.1, -0.05) is 25.6 Å². The summed E-state index contributed by atoms with van der Waals surface area (Å²) in [5.41, 5.74) is 0.801. The fraction of sp³-hybridized carbons (Fsp3) is 0.200. The van der Waals surface area contributed by atoms with Crippen LogP contribution in [0, 0.1) is 0 Å². The molecule has 0 bridgehead atoms. The summed E-state index contributed by atoms with van der Waals surface area (Å²) in [7, 11) is -1.50. The first-order valence-electron chi connectivity index (χ1n) is 6.66. The zero-order chi connectivity index (χ0) is 16.3. The van der Waals surface area contributed by atoms with E-state index in [9.17, 15) is 13.2 Å². The van der Waals surface area contributed by atoms with E-state index < -0.39 is 9.84 Å². The van der Waals surface area contributed by atoms with Crippen LogP contribution in [0.5, 0.6) is 0 Å². The summed E-state index contributed by atoms with van der Waals surface area (Å²) < 4.78 is 25.1. The summed E-state index contributed by atoms with van der Waals surface area (Å²) in [5, 5.41) is 6.68. The number of carbonyl (C=O) groups is 1. The summed E-state index contributed by atoms with van der Waals surface area (Å²) in [6.45, 7) is 5.33. The molecule has 116 valence electrons. The molecule has 1 heterocycles. The van der Waals surface area contributed by atoms with Crippen LogP contribution in [-0.4, -0.2) is 29.9 Å². The Bertz CT molecular complexity index is 805. The van der Waals surface area contributed by atoms with E-state index in [1.165, 1.54) is 12.1 Å². The van der Waals surface area contributed by atoms with Gasteiger partial charge in [0.2, 0.25) is 0 Å². The van der Waals surface area contributed by atoms with Crippen LogP contribution in [0.1, 0.15) is 12.5 Å². The van der Waals surface area contributed by atoms with Gasteiger partial charge in [0.05, 0.1) is 10.6 Å². The van der Waals surface area contributed by atoms with Crippen LogP contribution in [-0.2, 0) is 21.7 Å². The zero-order valence-electron chi connectivity index (χ0n) is 12.4. The van der Waals surface area contributed by atoms with E-state index in [2.05, 4.69) is 17.0 Å². The zero-order valence-corrected chi connectivity index (χ0v) is 13.2. The second-order valence-electron chi connectivity index (χ2n) is 4.74. The lowest BCUT2D eigenvalue weighted by molar-refractivity contribution is -0.111. The van der Waals surface area contributed by atoms with Crippen LogP contribution in [0.15, 0.2) is 48.0 Å². The summed E-state index contributed by atoms with van der Waals surface area (Å²) in [5.74, 6) is 0.0802. The van der Waals surface area contributed by atoms with Crippen LogP contribution in [0.3, 0.4) is 0 Å². The van der Waals surface area contributed by atoms with Crippen molar-refractivity contribution in [3.8, 4) is 0 Å². The van der Waals surface area contributed by atoms with Crippen molar-refractivity contribution in [2.45, 2.75) is 11.8 Å². The van der Waals surface area contributed by atoms with E-state index in [0.717, 1.165) is 0 Å². The molecule has 0 fully saturated rings. The first kappa shape index (κ1) is 16.0. The molecule has 0 aliphatic carbocycles. The molecule has 0 aliphatic rings. The lowest BCUT2D eigenvalue weighted by Gasteiger charge is -2.07. The molecule has 0 saturated carbocycles. The van der Waals surface area contributed by atoms with Crippen LogP contribution in [0.4, 0.5) is 5.82 Å². The van der Waals surface area contributed by atoms with Crippen molar-refractivity contribution in [2.24, 2.45) is 7.05 Å². The molecule has 0 atom stereocenters. The summed E-state index contributed by atoms with van der Waals surface area (Å²) in [4.78, 5) is 12.3. The highest BCUT2D eigenvalue weighted by Gasteiger charge is 2.14. The number of carbonyl (C=O) groups excluding carboxylic acids is 1. The topological polar surface area (TPSA) is 81.1 Å². The van der Waals surface area contributed by atoms with Gasteiger partial charge < -0.3 is 5.32 Å². The van der Waals surface area contributed by atoms with E-state index in [1.54, 1.807) is 43.0 Å². The van der Waals surface area contributed by atoms with Gasteiger partial charge in [0, 0.05) is 24.9 Å². The number of anilines is 1. The molecule has 1 aromatic heterocycles. The van der Waals surface area contributed by atoms with Gasteiger partial charge in [0.1, 0.15) is 0 Å². The van der Waals surface area contributed by atoms with Crippen molar-refractivity contribution >= 4 is 27.1 Å². The molecule has 7 heteroatoms. The van der Waals surface area contributed by atoms with Crippen molar-refractivity contribution in [1.82, 2.24) is 9.78 Å². The highest BCUT2D eigenvalue weighted by Crippen LogP contribution is 2.18. The third kappa shape index (κ3) is 3.43. The highest BCUT2D eigenvalue weighted by molar-refractivity contribution is 7.91. The molecule has 0 aliphatic heterocycles. The fourth-order valence-electron chi connectivity index (χ4n) is 1.83. The minimum Gasteiger partial charge on any atom is -0.305 e. The number of amides is 1. The van der Waals surface area contributed by atoms with Crippen molar-refractivity contribution in [2.75, 3.05) is 11.1 Å². The van der Waals surface area contributed by atoms with Gasteiger partial charge in [0.15, 0.2) is 15.7 Å². The third-order valence-corrected chi connectivity index (χ3v) is 4.92. The maximum atomic E-state index is 12.1. The first-order valence-corrected chi connectivity index (χ1v) is 8.32. The van der Waals surface area contributed by atoms with Gasteiger partial charge in [-0.05, 0) is 17.7 Å². The van der Waals surface area contributed by atoms with E-state index in [1.807, 2.05) is 0 Å². The molecular formula is C15H17N3O3S. The quantitative estimate of drug-likeness (QED) is 0.853. The van der Waals surface area contributed by atoms with Crippen molar-refractivity contribution in [3.05, 3.63) is 48.7 Å². The Labute approximate surface area is 129 Å². The minimum atomic E-state index is -3.25. The number of benzene rings is 1. The SMILES string of the molecule is C=C(C(=O)Nc1ccn(C)n1)c1ccc(S(=O)(=O)CC)cc1. The number of hydrogen-bond acceptors (Lipinski definition) is 4. The predicted octanol–water partition coefficient (Wildman–Crippen LogP) is 1.87. The highest BCUT2D eigenvalue weighted by atomic mass is 32.2. The van der Waals surface area contributed by atoms with E-state index >= 15 is 0 Å². The number of nitrogens with one attached hydrogen (secondary N) is 1. The molecule has 2 rings (SSSR count). The standard InChI is InChI=1S/C15H17N3O3S/c1-4-22(20,21)13-7-5-12(6-8-13)11(2)15(19)16-14-9-10-18(3)17-14/h5-10H,2,4H2,1,3H3,(H,16,17,19). The third-order valence-electron chi connectivity index (χ3n) is 3.17. The Morgan fingerprint density at radius 2 is 1.91 bits per heavy atom. The smallest absolute Gasteiger partial charge is 0.256 e. The molecule has 1 N–H and O–H groups in total. The molecule has 1 aromatic carbocycles. The molecule has 2 aromatic rings. The average Bonchev–Trinajstić information content (AvgIpc) is 2.91. The predicted molar refractivity (Wildman–Crippen MR) is 85.0 cm³/mol. The van der Waals surface area contributed by atoms with Gasteiger partial charge in [-0.25, -0.2) is 8.42 Å². The molecule has 0 unspecified atom stereocenters. The minimum absolute atomic E-state index is 0.0352. The molecule has 0 saturated heterocycles. The lowest BCUT2D eigenvalue weighted by atomic mass is 10.1. The van der Waals surface area contributed by atoms with Crippen LogP contribution in [0.2, 0.25) is 0 Å². The average molecular weight is 319 g/mol. The van der Waals surface area contributed by atoms with Crippen LogP contribution in [0.25, 0.3) is 5.57 Å². The Kier molecular flexibility index (Phi) is 4.46. The van der Waals surface area contributed by atoms with E-state index in [4.69, 9.17) is 0 Å². The van der Waals surface area contributed by atoms with Crippen LogP contribution < -0.4 is 5.32 Å². The van der Waals surface area contributed by atoms with Crippen molar-refractivity contribution < 1.29 is 13.2 Å². The fourth-order valence-corrected chi connectivity index (χ4v) is 2.72. The second kappa shape index (κ2) is 6.15. The lowest BCUT2D eigenvalue weighted by Crippen LogP contribution is -2.13. The second-order valence-corrected chi connectivity index (χ2v) is 7.01. The molecule has 22 heavy (non-hydrogen) atoms. The number of rotatable bonds is 5. The van der Waals surface area contributed by atoms with Crippen LogP contribution >= 0.6 is 0 Å². The van der Waals surface area contributed by atoms with Gasteiger partial charge >= 0.3 is 0 Å². The Morgan fingerprint density at radius 3 is 2.41 bits per heavy atom. The van der Waals surface area contributed by atoms with Gasteiger partial charge in [0.25, 0.3) is 5.91 Å². The molecule has 1 amide bonds. The number of hydrogen-bond donors (Lipinski definition) is 1. The largest absolute Gasteiger partial charge is 0.305 e.